The van der Waals surface area contributed by atoms with Crippen molar-refractivity contribution >= 4 is 21.5 Å². The molecule has 0 aliphatic carbocycles. The Bertz CT molecular complexity index is 826. The van der Waals surface area contributed by atoms with Crippen LogP contribution < -0.4 is 9.47 Å². The number of hydrogen-bond donors (Lipinski definition) is 0. The molecule has 0 fully saturated rings. The molecule has 0 unspecified atom stereocenters. The van der Waals surface area contributed by atoms with Crippen molar-refractivity contribution in [3.8, 4) is 11.5 Å². The van der Waals surface area contributed by atoms with Crippen molar-refractivity contribution in [3.05, 3.63) is 48.0 Å². The molecule has 0 radical (unpaired) electrons. The first-order valence-corrected chi connectivity index (χ1v) is 7.44. The molecule has 3 rings (SSSR count). The molecule has 0 aromatic heterocycles. The Morgan fingerprint density at radius 2 is 1.48 bits per heavy atom. The Labute approximate surface area is 135 Å². The van der Waals surface area contributed by atoms with Crippen LogP contribution >= 0.6 is 0 Å². The fourth-order valence-corrected chi connectivity index (χ4v) is 2.71. The Balaban J connectivity index is 2.18. The molecule has 0 atom stereocenters. The molecular formula is C19H20O4. The first-order chi connectivity index (χ1) is 11.2. The van der Waals surface area contributed by atoms with E-state index in [1.807, 2.05) is 19.1 Å². The molecule has 4 nitrogen and oxygen atoms in total. The van der Waals surface area contributed by atoms with Gasteiger partial charge < -0.3 is 18.9 Å². The van der Waals surface area contributed by atoms with E-state index in [0.29, 0.717) is 0 Å². The Kier molecular flexibility index (Phi) is 4.65. The number of methoxy groups -OCH3 is 2. The summed E-state index contributed by atoms with van der Waals surface area (Å²) in [6.45, 7) is 2.50. The fourth-order valence-electron chi connectivity index (χ4n) is 2.71. The van der Waals surface area contributed by atoms with Gasteiger partial charge >= 0.3 is 0 Å². The second-order valence-electron chi connectivity index (χ2n) is 5.36. The third kappa shape index (κ3) is 3.09. The van der Waals surface area contributed by atoms with E-state index in [1.165, 1.54) is 0 Å². The van der Waals surface area contributed by atoms with Crippen molar-refractivity contribution in [2.45, 2.75) is 6.92 Å². The van der Waals surface area contributed by atoms with Crippen LogP contribution in [0.3, 0.4) is 0 Å². The molecule has 120 valence electrons. The van der Waals surface area contributed by atoms with Gasteiger partial charge in [0.05, 0.1) is 0 Å². The zero-order valence-corrected chi connectivity index (χ0v) is 13.6. The molecule has 3 aromatic carbocycles. The topological polar surface area (TPSA) is 36.9 Å². The number of fused-ring (bicyclic) bond motifs is 2. The van der Waals surface area contributed by atoms with Crippen LogP contribution in [0.15, 0.2) is 42.5 Å². The molecule has 0 amide bonds. The summed E-state index contributed by atoms with van der Waals surface area (Å²) in [4.78, 5) is 0. The average Bonchev–Trinajstić information content (AvgIpc) is 2.57. The molecule has 0 heterocycles. The highest BCUT2D eigenvalue weighted by molar-refractivity contribution is 6.03. The highest BCUT2D eigenvalue weighted by Gasteiger charge is 2.10. The molecule has 3 aromatic rings. The summed E-state index contributed by atoms with van der Waals surface area (Å²) >= 11 is 0. The van der Waals surface area contributed by atoms with Crippen LogP contribution in [0.25, 0.3) is 21.5 Å². The number of rotatable bonds is 6. The highest BCUT2D eigenvalue weighted by Crippen LogP contribution is 2.35. The smallest absolute Gasteiger partial charge is 0.188 e. The van der Waals surface area contributed by atoms with Crippen LogP contribution in [0.2, 0.25) is 0 Å². The van der Waals surface area contributed by atoms with Crippen LogP contribution in [0.4, 0.5) is 0 Å². The monoisotopic (exact) mass is 312 g/mol. The normalized spacial score (nSPS) is 11.1. The van der Waals surface area contributed by atoms with E-state index in [0.717, 1.165) is 38.6 Å². The third-order valence-corrected chi connectivity index (χ3v) is 3.78. The summed E-state index contributed by atoms with van der Waals surface area (Å²) in [5.41, 5.74) is 1.08. The lowest BCUT2D eigenvalue weighted by molar-refractivity contribution is 0.0516. The van der Waals surface area contributed by atoms with Crippen molar-refractivity contribution in [3.63, 3.8) is 0 Å². The maximum Gasteiger partial charge on any atom is 0.188 e. The van der Waals surface area contributed by atoms with Gasteiger partial charge in [0.1, 0.15) is 11.5 Å². The van der Waals surface area contributed by atoms with Gasteiger partial charge in [-0.05, 0) is 41.5 Å². The van der Waals surface area contributed by atoms with Gasteiger partial charge in [-0.3, -0.25) is 0 Å². The van der Waals surface area contributed by atoms with Gasteiger partial charge in [0, 0.05) is 25.0 Å². The first-order valence-electron chi connectivity index (χ1n) is 7.44. The van der Waals surface area contributed by atoms with E-state index in [-0.39, 0.29) is 13.6 Å². The van der Waals surface area contributed by atoms with E-state index >= 15 is 0 Å². The summed E-state index contributed by atoms with van der Waals surface area (Å²) < 4.78 is 21.5. The summed E-state index contributed by atoms with van der Waals surface area (Å²) in [6, 6.07) is 14.4. The molecule has 0 saturated carbocycles. The van der Waals surface area contributed by atoms with Crippen LogP contribution in [-0.4, -0.2) is 27.8 Å². The molecule has 0 aliphatic rings. The summed E-state index contributed by atoms with van der Waals surface area (Å²) in [6.07, 6.45) is 0. The number of benzene rings is 3. The van der Waals surface area contributed by atoms with E-state index < -0.39 is 0 Å². The van der Waals surface area contributed by atoms with Gasteiger partial charge in [0.15, 0.2) is 13.6 Å². The molecule has 0 spiro atoms. The largest absolute Gasteiger partial charge is 0.467 e. The number of ether oxygens (including phenoxy) is 4. The summed E-state index contributed by atoms with van der Waals surface area (Å²) in [7, 11) is 3.23. The van der Waals surface area contributed by atoms with Crippen molar-refractivity contribution in [1.82, 2.24) is 0 Å². The summed E-state index contributed by atoms with van der Waals surface area (Å²) in [5, 5.41) is 4.32. The fraction of sp³-hybridized carbons (Fsp3) is 0.263. The molecule has 0 aliphatic heterocycles. The number of hydrogen-bond acceptors (Lipinski definition) is 4. The van der Waals surface area contributed by atoms with E-state index in [9.17, 15) is 0 Å². The van der Waals surface area contributed by atoms with Crippen LogP contribution in [0, 0.1) is 6.92 Å². The second-order valence-corrected chi connectivity index (χ2v) is 5.36. The highest BCUT2D eigenvalue weighted by atomic mass is 16.7. The van der Waals surface area contributed by atoms with Gasteiger partial charge in [-0.2, -0.15) is 0 Å². The van der Waals surface area contributed by atoms with Gasteiger partial charge in [-0.25, -0.2) is 0 Å². The third-order valence-electron chi connectivity index (χ3n) is 3.78. The Morgan fingerprint density at radius 3 is 2.26 bits per heavy atom. The predicted molar refractivity (Wildman–Crippen MR) is 91.2 cm³/mol. The van der Waals surface area contributed by atoms with Crippen LogP contribution in [-0.2, 0) is 9.47 Å². The minimum absolute atomic E-state index is 0.229. The maximum absolute atomic E-state index is 5.77. The Hall–Kier alpha value is -2.30. The van der Waals surface area contributed by atoms with Gasteiger partial charge in [0.25, 0.3) is 0 Å². The van der Waals surface area contributed by atoms with E-state index in [1.54, 1.807) is 14.2 Å². The minimum atomic E-state index is 0.229. The van der Waals surface area contributed by atoms with Crippen molar-refractivity contribution < 1.29 is 18.9 Å². The lowest BCUT2D eigenvalue weighted by Gasteiger charge is -2.14. The Morgan fingerprint density at radius 1 is 0.783 bits per heavy atom. The lowest BCUT2D eigenvalue weighted by Crippen LogP contribution is -2.01. The van der Waals surface area contributed by atoms with Crippen molar-refractivity contribution in [2.24, 2.45) is 0 Å². The molecule has 23 heavy (non-hydrogen) atoms. The van der Waals surface area contributed by atoms with Crippen LogP contribution in [0.5, 0.6) is 11.5 Å². The molecule has 0 N–H and O–H groups in total. The number of aryl methyl sites for hydroxylation is 1. The second kappa shape index (κ2) is 6.86. The van der Waals surface area contributed by atoms with Crippen molar-refractivity contribution in [1.29, 1.82) is 0 Å². The molecule has 0 saturated heterocycles. The van der Waals surface area contributed by atoms with Gasteiger partial charge in [-0.1, -0.05) is 24.3 Å². The van der Waals surface area contributed by atoms with Crippen molar-refractivity contribution in [2.75, 3.05) is 27.8 Å². The van der Waals surface area contributed by atoms with E-state index in [2.05, 4.69) is 30.3 Å². The predicted octanol–water partition coefficient (Wildman–Crippen LogP) is 4.27. The lowest BCUT2D eigenvalue weighted by atomic mass is 10.0. The minimum Gasteiger partial charge on any atom is -0.467 e. The first kappa shape index (κ1) is 15.6. The SMILES string of the molecule is COCOc1cccc2cc3c(OCOC)c(C)ccc3cc12. The quantitative estimate of drug-likeness (QED) is 0.503. The molecule has 4 heteroatoms. The van der Waals surface area contributed by atoms with Crippen LogP contribution in [0.1, 0.15) is 5.56 Å². The van der Waals surface area contributed by atoms with Gasteiger partial charge in [-0.15, -0.1) is 0 Å². The van der Waals surface area contributed by atoms with Gasteiger partial charge in [0.2, 0.25) is 0 Å². The molecule has 0 bridgehead atoms. The summed E-state index contributed by atoms with van der Waals surface area (Å²) in [5.74, 6) is 1.67. The zero-order valence-electron chi connectivity index (χ0n) is 13.6. The molecular weight excluding hydrogens is 292 g/mol. The standard InChI is InChI=1S/C19H20O4/c1-13-7-8-15-9-16-14(5-4-6-18(16)22-11-20-2)10-17(15)19(13)23-12-21-3/h4-10H,11-12H2,1-3H3. The maximum atomic E-state index is 5.77. The van der Waals surface area contributed by atoms with E-state index in [4.69, 9.17) is 18.9 Å². The zero-order chi connectivity index (χ0) is 16.2. The average molecular weight is 312 g/mol.